The summed E-state index contributed by atoms with van der Waals surface area (Å²) in [4.78, 5) is 25.6. The topological polar surface area (TPSA) is 69.6 Å². The predicted octanol–water partition coefficient (Wildman–Crippen LogP) is 1.57. The van der Waals surface area contributed by atoms with Crippen molar-refractivity contribution in [2.75, 3.05) is 12.0 Å². The van der Waals surface area contributed by atoms with Gasteiger partial charge in [0.2, 0.25) is 5.91 Å². The third kappa shape index (κ3) is 4.38. The summed E-state index contributed by atoms with van der Waals surface area (Å²) in [6, 6.07) is -0.315. The minimum atomic E-state index is -0.956. The van der Waals surface area contributed by atoms with E-state index in [1.807, 2.05) is 13.2 Å². The van der Waals surface area contributed by atoms with Gasteiger partial charge in [0.1, 0.15) is 6.04 Å². The second-order valence-corrected chi connectivity index (χ2v) is 6.57. The van der Waals surface area contributed by atoms with Gasteiger partial charge >= 0.3 is 5.97 Å². The number of rotatable bonds is 7. The van der Waals surface area contributed by atoms with Crippen molar-refractivity contribution in [2.24, 2.45) is 0 Å². The van der Waals surface area contributed by atoms with Crippen molar-refractivity contribution < 1.29 is 14.7 Å². The molecule has 0 aromatic rings. The number of carboxylic acids is 1. The minimum Gasteiger partial charge on any atom is -0.480 e. The molecule has 3 unspecified atom stereocenters. The molecular formula is C14H26N2O3S. The average molecular weight is 302 g/mol. The Kier molecular flexibility index (Phi) is 6.82. The van der Waals surface area contributed by atoms with Crippen LogP contribution in [0.5, 0.6) is 0 Å². The number of carbonyl (C=O) groups is 2. The Bertz CT molecular complexity index is 341. The van der Waals surface area contributed by atoms with Gasteiger partial charge in [-0.1, -0.05) is 0 Å². The Hall–Kier alpha value is -0.750. The van der Waals surface area contributed by atoms with Crippen molar-refractivity contribution in [3.05, 3.63) is 0 Å². The number of likely N-dealkylation sites (tertiary alicyclic amines) is 1. The molecule has 1 aliphatic rings. The number of hydrogen-bond donors (Lipinski definition) is 2. The van der Waals surface area contributed by atoms with Crippen molar-refractivity contribution in [1.29, 1.82) is 0 Å². The van der Waals surface area contributed by atoms with E-state index >= 15 is 0 Å². The van der Waals surface area contributed by atoms with E-state index in [1.54, 1.807) is 11.8 Å². The van der Waals surface area contributed by atoms with E-state index in [4.69, 9.17) is 5.11 Å². The molecule has 0 aliphatic carbocycles. The molecule has 0 aromatic carbocycles. The number of nitrogens with zero attached hydrogens (tertiary/aromatic N) is 1. The summed E-state index contributed by atoms with van der Waals surface area (Å²) in [5.41, 5.74) is 0. The van der Waals surface area contributed by atoms with Crippen LogP contribution in [0.2, 0.25) is 0 Å². The first-order chi connectivity index (χ1) is 9.38. The van der Waals surface area contributed by atoms with Gasteiger partial charge in [0.25, 0.3) is 0 Å². The number of carboxylic acid groups (broad SMARTS) is 1. The molecule has 1 saturated heterocycles. The lowest BCUT2D eigenvalue weighted by atomic mass is 10.1. The van der Waals surface area contributed by atoms with Gasteiger partial charge in [-0.2, -0.15) is 11.8 Å². The van der Waals surface area contributed by atoms with Crippen LogP contribution >= 0.6 is 11.8 Å². The molecule has 20 heavy (non-hydrogen) atoms. The van der Waals surface area contributed by atoms with Gasteiger partial charge in [-0.3, -0.25) is 9.69 Å². The van der Waals surface area contributed by atoms with E-state index in [1.165, 1.54) is 0 Å². The first-order valence-electron chi connectivity index (χ1n) is 7.18. The van der Waals surface area contributed by atoms with Gasteiger partial charge in [-0.05, 0) is 52.0 Å². The summed E-state index contributed by atoms with van der Waals surface area (Å²) in [6.07, 6.45) is 4.57. The van der Waals surface area contributed by atoms with E-state index < -0.39 is 12.0 Å². The number of aliphatic carboxylic acids is 1. The fourth-order valence-electron chi connectivity index (χ4n) is 2.90. The molecule has 5 nitrogen and oxygen atoms in total. The molecule has 1 aliphatic heterocycles. The van der Waals surface area contributed by atoms with E-state index in [2.05, 4.69) is 24.1 Å². The predicted molar refractivity (Wildman–Crippen MR) is 82.0 cm³/mol. The van der Waals surface area contributed by atoms with Crippen LogP contribution in [-0.2, 0) is 9.59 Å². The molecule has 1 heterocycles. The summed E-state index contributed by atoms with van der Waals surface area (Å²) >= 11 is 1.58. The molecule has 6 heteroatoms. The average Bonchev–Trinajstić information content (AvgIpc) is 2.72. The Labute approximate surface area is 125 Å². The van der Waals surface area contributed by atoms with Gasteiger partial charge in [-0.15, -0.1) is 0 Å². The van der Waals surface area contributed by atoms with Crippen LogP contribution in [0.1, 0.15) is 40.0 Å². The van der Waals surface area contributed by atoms with E-state index in [-0.39, 0.29) is 11.9 Å². The van der Waals surface area contributed by atoms with Crippen molar-refractivity contribution in [2.45, 2.75) is 64.2 Å². The quantitative estimate of drug-likeness (QED) is 0.747. The van der Waals surface area contributed by atoms with Gasteiger partial charge in [-0.25, -0.2) is 4.79 Å². The lowest BCUT2D eigenvalue weighted by Crippen LogP contribution is -2.53. The highest BCUT2D eigenvalue weighted by Gasteiger charge is 2.35. The summed E-state index contributed by atoms with van der Waals surface area (Å²) in [5.74, 6) is -0.413. The van der Waals surface area contributed by atoms with Gasteiger partial charge in [0.05, 0.1) is 6.04 Å². The van der Waals surface area contributed by atoms with E-state index in [0.717, 1.165) is 18.6 Å². The number of amides is 1. The van der Waals surface area contributed by atoms with Crippen LogP contribution < -0.4 is 5.32 Å². The van der Waals surface area contributed by atoms with Gasteiger partial charge in [0, 0.05) is 12.1 Å². The van der Waals surface area contributed by atoms with Crippen molar-refractivity contribution >= 4 is 23.6 Å². The van der Waals surface area contributed by atoms with Crippen molar-refractivity contribution in [3.63, 3.8) is 0 Å². The van der Waals surface area contributed by atoms with Crippen LogP contribution in [0.4, 0.5) is 0 Å². The molecule has 2 N–H and O–H groups in total. The van der Waals surface area contributed by atoms with Crippen LogP contribution in [0, 0.1) is 0 Å². The summed E-state index contributed by atoms with van der Waals surface area (Å²) < 4.78 is 0. The molecule has 1 amide bonds. The summed E-state index contributed by atoms with van der Waals surface area (Å²) in [7, 11) is 0. The molecular weight excluding hydrogens is 276 g/mol. The van der Waals surface area contributed by atoms with Crippen LogP contribution in [-0.4, -0.2) is 58.1 Å². The highest BCUT2D eigenvalue weighted by Crippen LogP contribution is 2.25. The SMILES string of the molecule is CSCC[C@@H](NC(=O)C(C)N1C(C)CCC1C)C(=O)O. The highest BCUT2D eigenvalue weighted by atomic mass is 32.2. The third-order valence-corrected chi connectivity index (χ3v) is 4.72. The second-order valence-electron chi connectivity index (χ2n) is 5.58. The van der Waals surface area contributed by atoms with Gasteiger partial charge < -0.3 is 10.4 Å². The molecule has 1 fully saturated rings. The lowest BCUT2D eigenvalue weighted by molar-refractivity contribution is -0.142. The minimum absolute atomic E-state index is 0.181. The maximum atomic E-state index is 12.3. The molecule has 0 spiro atoms. The van der Waals surface area contributed by atoms with Crippen LogP contribution in [0.25, 0.3) is 0 Å². The third-order valence-electron chi connectivity index (χ3n) is 4.07. The van der Waals surface area contributed by atoms with Crippen LogP contribution in [0.15, 0.2) is 0 Å². The Morgan fingerprint density at radius 2 is 1.90 bits per heavy atom. The zero-order valence-corrected chi connectivity index (χ0v) is 13.6. The fraction of sp³-hybridized carbons (Fsp3) is 0.857. The monoisotopic (exact) mass is 302 g/mol. The first-order valence-corrected chi connectivity index (χ1v) is 8.57. The zero-order valence-electron chi connectivity index (χ0n) is 12.8. The lowest BCUT2D eigenvalue weighted by Gasteiger charge is -2.32. The molecule has 116 valence electrons. The number of carbonyl (C=O) groups excluding carboxylic acids is 1. The highest BCUT2D eigenvalue weighted by molar-refractivity contribution is 7.98. The van der Waals surface area contributed by atoms with Crippen molar-refractivity contribution in [1.82, 2.24) is 10.2 Å². The van der Waals surface area contributed by atoms with E-state index in [0.29, 0.717) is 18.5 Å². The number of thioether (sulfide) groups is 1. The largest absolute Gasteiger partial charge is 0.480 e. The maximum absolute atomic E-state index is 12.3. The summed E-state index contributed by atoms with van der Waals surface area (Å²) in [5, 5.41) is 11.8. The Morgan fingerprint density at radius 3 is 2.35 bits per heavy atom. The smallest absolute Gasteiger partial charge is 0.326 e. The molecule has 0 bridgehead atoms. The summed E-state index contributed by atoms with van der Waals surface area (Å²) in [6.45, 7) is 6.10. The van der Waals surface area contributed by atoms with E-state index in [9.17, 15) is 9.59 Å². The number of nitrogens with one attached hydrogen (secondary N) is 1. The zero-order chi connectivity index (χ0) is 15.3. The molecule has 0 saturated carbocycles. The molecule has 1 rings (SSSR count). The second kappa shape index (κ2) is 7.88. The van der Waals surface area contributed by atoms with Crippen molar-refractivity contribution in [3.8, 4) is 0 Å². The molecule has 0 aromatic heterocycles. The number of hydrogen-bond acceptors (Lipinski definition) is 4. The maximum Gasteiger partial charge on any atom is 0.326 e. The standard InChI is InChI=1S/C14H26N2O3S/c1-9-5-6-10(2)16(9)11(3)13(17)15-12(14(18)19)7-8-20-4/h9-12H,5-8H2,1-4H3,(H,15,17)(H,18,19)/t9?,10?,11?,12-/m1/s1. The van der Waals surface area contributed by atoms with Gasteiger partial charge in [0.15, 0.2) is 0 Å². The van der Waals surface area contributed by atoms with Crippen LogP contribution in [0.3, 0.4) is 0 Å². The Morgan fingerprint density at radius 1 is 1.35 bits per heavy atom. The molecule has 0 radical (unpaired) electrons. The first kappa shape index (κ1) is 17.3. The normalized spacial score (nSPS) is 26.2. The molecule has 4 atom stereocenters. The Balaban J connectivity index is 2.61. The fourth-order valence-corrected chi connectivity index (χ4v) is 3.37.